The number of halogens is 4. The Balaban J connectivity index is 2.90. The number of aliphatic carboxylic acids is 1. The highest BCUT2D eigenvalue weighted by Crippen LogP contribution is 2.54. The molecule has 0 amide bonds. The Bertz CT molecular complexity index is 828. The average Bonchev–Trinajstić information content (AvgIpc) is 2.61. The van der Waals surface area contributed by atoms with Gasteiger partial charge in [0, 0.05) is 11.6 Å². The third-order valence-electron chi connectivity index (χ3n) is 5.63. The summed E-state index contributed by atoms with van der Waals surface area (Å²) in [5, 5.41) is 19.8. The third kappa shape index (κ3) is 3.50. The van der Waals surface area contributed by atoms with Gasteiger partial charge in [-0.1, -0.05) is 26.3 Å². The van der Waals surface area contributed by atoms with Crippen LogP contribution in [0.25, 0.3) is 0 Å². The van der Waals surface area contributed by atoms with Crippen LogP contribution in [0.2, 0.25) is 0 Å². The fraction of sp³-hybridized carbons (Fsp3) is 0.550. The van der Waals surface area contributed by atoms with Gasteiger partial charge in [-0.05, 0) is 37.5 Å². The number of hydrogen-bond donors (Lipinski definition) is 1. The molecule has 1 aromatic carbocycles. The Morgan fingerprint density at radius 1 is 1.36 bits per heavy atom. The monoisotopic (exact) mass is 398 g/mol. The van der Waals surface area contributed by atoms with Gasteiger partial charge in [0.05, 0.1) is 29.0 Å². The molecule has 1 aromatic rings. The van der Waals surface area contributed by atoms with Gasteiger partial charge in [0.1, 0.15) is 5.82 Å². The van der Waals surface area contributed by atoms with Crippen LogP contribution < -0.4 is 0 Å². The number of carboxylic acids is 1. The zero-order valence-corrected chi connectivity index (χ0v) is 15.8. The Hall–Kier alpha value is -2.43. The second kappa shape index (κ2) is 7.90. The van der Waals surface area contributed by atoms with Crippen LogP contribution in [0.1, 0.15) is 57.1 Å². The van der Waals surface area contributed by atoms with Crippen molar-refractivity contribution in [3.8, 4) is 6.07 Å². The summed E-state index contributed by atoms with van der Waals surface area (Å²) in [6.45, 7) is 4.94. The Morgan fingerprint density at radius 3 is 2.46 bits per heavy atom. The van der Waals surface area contributed by atoms with Crippen molar-refractivity contribution in [1.29, 1.82) is 5.26 Å². The van der Waals surface area contributed by atoms with Crippen molar-refractivity contribution in [2.24, 2.45) is 16.3 Å². The Morgan fingerprint density at radius 2 is 2.00 bits per heavy atom. The number of nitriles is 1. The number of hydrogen-bond acceptors (Lipinski definition) is 3. The van der Waals surface area contributed by atoms with Crippen molar-refractivity contribution in [2.45, 2.75) is 58.2 Å². The first-order chi connectivity index (χ1) is 13.0. The molecule has 0 spiro atoms. The summed E-state index contributed by atoms with van der Waals surface area (Å²) < 4.78 is 54.7. The predicted molar refractivity (Wildman–Crippen MR) is 95.4 cm³/mol. The maximum Gasteiger partial charge on any atom is 0.416 e. The molecule has 0 radical (unpaired) electrons. The van der Waals surface area contributed by atoms with Gasteiger partial charge in [0.25, 0.3) is 0 Å². The van der Waals surface area contributed by atoms with Crippen molar-refractivity contribution < 1.29 is 27.5 Å². The van der Waals surface area contributed by atoms with Crippen LogP contribution in [0, 0.1) is 28.5 Å². The molecule has 1 heterocycles. The molecule has 152 valence electrons. The van der Waals surface area contributed by atoms with E-state index in [0.717, 1.165) is 12.1 Å². The lowest BCUT2D eigenvalue weighted by molar-refractivity contribution is -0.154. The number of carbonyl (C=O) groups is 1. The van der Waals surface area contributed by atoms with Crippen LogP contribution in [-0.2, 0) is 11.0 Å². The second-order valence-corrected chi connectivity index (χ2v) is 7.09. The normalized spacial score (nSPS) is 27.8. The summed E-state index contributed by atoms with van der Waals surface area (Å²) in [5.74, 6) is -4.83. The smallest absolute Gasteiger partial charge is 0.416 e. The number of nitrogens with zero attached hydrogens (tertiary/aromatic N) is 2. The molecule has 4 unspecified atom stereocenters. The lowest BCUT2D eigenvalue weighted by Crippen LogP contribution is -2.53. The Kier molecular flexibility index (Phi) is 6.17. The van der Waals surface area contributed by atoms with Crippen molar-refractivity contribution in [2.75, 3.05) is 0 Å². The van der Waals surface area contributed by atoms with Gasteiger partial charge in [0.2, 0.25) is 0 Å². The maximum atomic E-state index is 13.7. The predicted octanol–water partition coefficient (Wildman–Crippen LogP) is 5.19. The number of aliphatic imine (C=N–C) groups is 1. The summed E-state index contributed by atoms with van der Waals surface area (Å²) >= 11 is 0. The molecule has 1 aliphatic rings. The van der Waals surface area contributed by atoms with Crippen LogP contribution in [0.15, 0.2) is 23.2 Å². The number of alkyl halides is 3. The molecule has 0 aromatic heterocycles. The first-order valence-electron chi connectivity index (χ1n) is 9.08. The number of carboxylic acid groups (broad SMARTS) is 1. The molecule has 0 saturated heterocycles. The van der Waals surface area contributed by atoms with E-state index in [1.807, 2.05) is 13.0 Å². The molecule has 0 aliphatic carbocycles. The van der Waals surface area contributed by atoms with E-state index in [4.69, 9.17) is 0 Å². The fourth-order valence-corrected chi connectivity index (χ4v) is 4.34. The van der Waals surface area contributed by atoms with Gasteiger partial charge in [0.15, 0.2) is 0 Å². The van der Waals surface area contributed by atoms with Crippen molar-refractivity contribution in [3.63, 3.8) is 0 Å². The molecular formula is C20H22F4N2O2. The zero-order valence-electron chi connectivity index (χ0n) is 15.8. The first-order valence-corrected chi connectivity index (χ1v) is 9.08. The molecule has 0 bridgehead atoms. The molecule has 0 saturated carbocycles. The van der Waals surface area contributed by atoms with Crippen LogP contribution >= 0.6 is 0 Å². The van der Waals surface area contributed by atoms with Crippen molar-refractivity contribution >= 4 is 11.7 Å². The summed E-state index contributed by atoms with van der Waals surface area (Å²) in [5.41, 5.74) is -3.02. The van der Waals surface area contributed by atoms with Gasteiger partial charge in [-0.15, -0.1) is 0 Å². The van der Waals surface area contributed by atoms with Gasteiger partial charge in [-0.25, -0.2) is 4.39 Å². The number of benzene rings is 1. The lowest BCUT2D eigenvalue weighted by atomic mass is 9.57. The molecule has 4 atom stereocenters. The summed E-state index contributed by atoms with van der Waals surface area (Å²) in [6, 6.07) is 3.37. The minimum absolute atomic E-state index is 0.0126. The molecular weight excluding hydrogens is 376 g/mol. The highest BCUT2D eigenvalue weighted by atomic mass is 19.4. The van der Waals surface area contributed by atoms with E-state index in [0.29, 0.717) is 24.6 Å². The molecule has 8 heteroatoms. The van der Waals surface area contributed by atoms with Crippen molar-refractivity contribution in [3.05, 3.63) is 35.1 Å². The summed E-state index contributed by atoms with van der Waals surface area (Å²) in [7, 11) is 0. The third-order valence-corrected chi connectivity index (χ3v) is 5.63. The van der Waals surface area contributed by atoms with E-state index in [9.17, 15) is 32.7 Å². The van der Waals surface area contributed by atoms with Crippen molar-refractivity contribution in [1.82, 2.24) is 0 Å². The van der Waals surface area contributed by atoms with E-state index >= 15 is 0 Å². The lowest BCUT2D eigenvalue weighted by Gasteiger charge is -2.47. The highest BCUT2D eigenvalue weighted by molar-refractivity contribution is 5.92. The topological polar surface area (TPSA) is 73.5 Å². The first kappa shape index (κ1) is 21.9. The zero-order chi connectivity index (χ0) is 21.3. The SMILES string of the molecule is CCCC1N=C(C)C(C#N)C(c2ccc(F)cc2C(F)(F)F)C1(CC)C(=O)O. The van der Waals surface area contributed by atoms with Gasteiger partial charge >= 0.3 is 12.1 Å². The molecule has 2 rings (SSSR count). The van der Waals surface area contributed by atoms with Gasteiger partial charge in [-0.3, -0.25) is 9.79 Å². The van der Waals surface area contributed by atoms with Crippen LogP contribution in [0.3, 0.4) is 0 Å². The number of rotatable bonds is 5. The van der Waals surface area contributed by atoms with Gasteiger partial charge < -0.3 is 5.11 Å². The van der Waals surface area contributed by atoms with E-state index in [2.05, 4.69) is 4.99 Å². The van der Waals surface area contributed by atoms with Crippen LogP contribution in [0.4, 0.5) is 17.6 Å². The van der Waals surface area contributed by atoms with E-state index in [1.54, 1.807) is 6.92 Å². The van der Waals surface area contributed by atoms with E-state index < -0.39 is 46.8 Å². The van der Waals surface area contributed by atoms with Gasteiger partial charge in [-0.2, -0.15) is 18.4 Å². The van der Waals surface area contributed by atoms with Crippen LogP contribution in [-0.4, -0.2) is 22.8 Å². The largest absolute Gasteiger partial charge is 0.481 e. The van der Waals surface area contributed by atoms with Crippen LogP contribution in [0.5, 0.6) is 0 Å². The molecule has 4 nitrogen and oxygen atoms in total. The Labute approximate surface area is 160 Å². The maximum absolute atomic E-state index is 13.7. The standard InChI is InChI=1S/C20H22F4N2O2/c1-4-6-16-19(5-2,18(27)28)17(14(10-25)11(3)26-16)13-8-7-12(21)9-15(13)20(22,23)24/h7-9,14,16-17H,4-6H2,1-3H3,(H,27,28). The fourth-order valence-electron chi connectivity index (χ4n) is 4.34. The highest BCUT2D eigenvalue weighted by Gasteiger charge is 2.58. The van der Waals surface area contributed by atoms with E-state index in [-0.39, 0.29) is 12.0 Å². The second-order valence-electron chi connectivity index (χ2n) is 7.09. The molecule has 0 fully saturated rings. The average molecular weight is 398 g/mol. The minimum Gasteiger partial charge on any atom is -0.481 e. The molecule has 1 N–H and O–H groups in total. The summed E-state index contributed by atoms with van der Waals surface area (Å²) in [6.07, 6.45) is -3.97. The quantitative estimate of drug-likeness (QED) is 0.694. The van der Waals surface area contributed by atoms with E-state index in [1.165, 1.54) is 6.92 Å². The molecule has 28 heavy (non-hydrogen) atoms. The summed E-state index contributed by atoms with van der Waals surface area (Å²) in [4.78, 5) is 16.9. The molecule has 1 aliphatic heterocycles. The minimum atomic E-state index is -4.89.